The van der Waals surface area contributed by atoms with Crippen LogP contribution in [0.2, 0.25) is 0 Å². The summed E-state index contributed by atoms with van der Waals surface area (Å²) in [6, 6.07) is 8.55. The third-order valence-electron chi connectivity index (χ3n) is 2.49. The van der Waals surface area contributed by atoms with Gasteiger partial charge in [-0.1, -0.05) is 28.1 Å². The Labute approximate surface area is 108 Å². The van der Waals surface area contributed by atoms with E-state index in [1.54, 1.807) is 11.3 Å². The highest BCUT2D eigenvalue weighted by atomic mass is 79.9. The largest absolute Gasteiger partial charge is 0.312 e. The molecular weight excluding hydrogens is 284 g/mol. The van der Waals surface area contributed by atoms with Gasteiger partial charge in [0.05, 0.1) is 5.69 Å². The zero-order chi connectivity index (χ0) is 11.5. The predicted molar refractivity (Wildman–Crippen MR) is 72.7 cm³/mol. The van der Waals surface area contributed by atoms with Crippen molar-refractivity contribution in [2.24, 2.45) is 0 Å². The number of halogens is 1. The maximum absolute atomic E-state index is 4.62. The SMILES string of the molecule is CNC(C)c1csc(-c2ccc(Br)cc2)n1. The van der Waals surface area contributed by atoms with Gasteiger partial charge >= 0.3 is 0 Å². The van der Waals surface area contributed by atoms with Crippen molar-refractivity contribution in [1.29, 1.82) is 0 Å². The maximum Gasteiger partial charge on any atom is 0.123 e. The number of nitrogens with one attached hydrogen (secondary N) is 1. The third-order valence-corrected chi connectivity index (χ3v) is 3.93. The first-order chi connectivity index (χ1) is 7.70. The van der Waals surface area contributed by atoms with Crippen molar-refractivity contribution < 1.29 is 0 Å². The summed E-state index contributed by atoms with van der Waals surface area (Å²) in [6.07, 6.45) is 0. The molecule has 2 nitrogen and oxygen atoms in total. The normalized spacial score (nSPS) is 12.7. The molecule has 16 heavy (non-hydrogen) atoms. The van der Waals surface area contributed by atoms with E-state index in [2.05, 4.69) is 50.7 Å². The number of hydrogen-bond acceptors (Lipinski definition) is 3. The van der Waals surface area contributed by atoms with E-state index in [0.29, 0.717) is 6.04 Å². The molecule has 0 saturated heterocycles. The number of hydrogen-bond donors (Lipinski definition) is 1. The summed E-state index contributed by atoms with van der Waals surface area (Å²) in [4.78, 5) is 4.62. The van der Waals surface area contributed by atoms with Crippen LogP contribution < -0.4 is 5.32 Å². The van der Waals surface area contributed by atoms with Gasteiger partial charge in [-0.3, -0.25) is 0 Å². The second-order valence-corrected chi connectivity index (χ2v) is 5.37. The van der Waals surface area contributed by atoms with E-state index in [-0.39, 0.29) is 0 Å². The van der Waals surface area contributed by atoms with E-state index >= 15 is 0 Å². The van der Waals surface area contributed by atoms with Gasteiger partial charge in [-0.25, -0.2) is 4.98 Å². The Morgan fingerprint density at radius 3 is 2.62 bits per heavy atom. The van der Waals surface area contributed by atoms with Crippen LogP contribution in [0.1, 0.15) is 18.7 Å². The van der Waals surface area contributed by atoms with E-state index in [1.807, 2.05) is 19.2 Å². The molecule has 0 aliphatic rings. The molecule has 84 valence electrons. The zero-order valence-corrected chi connectivity index (χ0v) is 11.6. The minimum atomic E-state index is 0.306. The Balaban J connectivity index is 2.28. The molecule has 0 amide bonds. The van der Waals surface area contributed by atoms with Gasteiger partial charge in [0.25, 0.3) is 0 Å². The van der Waals surface area contributed by atoms with Crippen LogP contribution in [-0.4, -0.2) is 12.0 Å². The van der Waals surface area contributed by atoms with Crippen molar-refractivity contribution >= 4 is 27.3 Å². The minimum Gasteiger partial charge on any atom is -0.312 e. The Morgan fingerprint density at radius 2 is 2.00 bits per heavy atom. The summed E-state index contributed by atoms with van der Waals surface area (Å²) in [5, 5.41) is 6.38. The lowest BCUT2D eigenvalue weighted by atomic mass is 10.2. The van der Waals surface area contributed by atoms with Crippen LogP contribution in [0.4, 0.5) is 0 Å². The van der Waals surface area contributed by atoms with Crippen LogP contribution in [0.3, 0.4) is 0 Å². The van der Waals surface area contributed by atoms with Crippen LogP contribution >= 0.6 is 27.3 Å². The number of nitrogens with zero attached hydrogens (tertiary/aromatic N) is 1. The number of benzene rings is 1. The average molecular weight is 297 g/mol. The molecule has 1 N–H and O–H groups in total. The fourth-order valence-corrected chi connectivity index (χ4v) is 2.54. The number of aromatic nitrogens is 1. The summed E-state index contributed by atoms with van der Waals surface area (Å²) in [5.41, 5.74) is 2.27. The van der Waals surface area contributed by atoms with Gasteiger partial charge in [-0.05, 0) is 26.1 Å². The molecule has 0 aliphatic heterocycles. The summed E-state index contributed by atoms with van der Waals surface area (Å²) in [7, 11) is 1.95. The first-order valence-electron chi connectivity index (χ1n) is 5.09. The Kier molecular flexibility index (Phi) is 3.74. The van der Waals surface area contributed by atoms with Gasteiger partial charge in [0, 0.05) is 21.5 Å². The summed E-state index contributed by atoms with van der Waals surface area (Å²) in [5.74, 6) is 0. The molecule has 1 aromatic carbocycles. The van der Waals surface area contributed by atoms with Crippen molar-refractivity contribution in [3.63, 3.8) is 0 Å². The zero-order valence-electron chi connectivity index (χ0n) is 9.20. The molecule has 1 heterocycles. The Bertz CT molecular complexity index is 464. The van der Waals surface area contributed by atoms with E-state index in [4.69, 9.17) is 0 Å². The second-order valence-electron chi connectivity index (χ2n) is 3.59. The quantitative estimate of drug-likeness (QED) is 0.930. The van der Waals surface area contributed by atoms with E-state index in [1.165, 1.54) is 5.56 Å². The van der Waals surface area contributed by atoms with Crippen LogP contribution in [0, 0.1) is 0 Å². The molecule has 0 saturated carbocycles. The molecule has 1 aromatic heterocycles. The first kappa shape index (κ1) is 11.8. The van der Waals surface area contributed by atoms with Crippen molar-refractivity contribution in [2.75, 3.05) is 7.05 Å². The second kappa shape index (κ2) is 5.08. The van der Waals surface area contributed by atoms with E-state index in [9.17, 15) is 0 Å². The number of thiazole rings is 1. The topological polar surface area (TPSA) is 24.9 Å². The Morgan fingerprint density at radius 1 is 1.31 bits per heavy atom. The highest BCUT2D eigenvalue weighted by Gasteiger charge is 2.08. The van der Waals surface area contributed by atoms with E-state index < -0.39 is 0 Å². The van der Waals surface area contributed by atoms with Gasteiger partial charge < -0.3 is 5.32 Å². The predicted octanol–water partition coefficient (Wildman–Crippen LogP) is 3.85. The highest BCUT2D eigenvalue weighted by molar-refractivity contribution is 9.10. The fourth-order valence-electron chi connectivity index (χ4n) is 1.36. The summed E-state index contributed by atoms with van der Waals surface area (Å²) in [6.45, 7) is 2.11. The average Bonchev–Trinajstić information content (AvgIpc) is 2.78. The third kappa shape index (κ3) is 2.51. The van der Waals surface area contributed by atoms with Crippen molar-refractivity contribution in [1.82, 2.24) is 10.3 Å². The van der Waals surface area contributed by atoms with Crippen LogP contribution in [0.15, 0.2) is 34.1 Å². The maximum atomic E-state index is 4.62. The van der Waals surface area contributed by atoms with Gasteiger partial charge in [0.2, 0.25) is 0 Å². The first-order valence-corrected chi connectivity index (χ1v) is 6.76. The molecule has 2 rings (SSSR count). The highest BCUT2D eigenvalue weighted by Crippen LogP contribution is 2.27. The van der Waals surface area contributed by atoms with Crippen LogP contribution in [0.5, 0.6) is 0 Å². The molecule has 0 spiro atoms. The fraction of sp³-hybridized carbons (Fsp3) is 0.250. The number of rotatable bonds is 3. The van der Waals surface area contributed by atoms with Crippen molar-refractivity contribution in [3.8, 4) is 10.6 Å². The van der Waals surface area contributed by atoms with Crippen molar-refractivity contribution in [2.45, 2.75) is 13.0 Å². The molecule has 0 radical (unpaired) electrons. The van der Waals surface area contributed by atoms with Gasteiger partial charge in [-0.15, -0.1) is 11.3 Å². The Hall–Kier alpha value is -0.710. The van der Waals surface area contributed by atoms with Crippen LogP contribution in [0.25, 0.3) is 10.6 Å². The lowest BCUT2D eigenvalue weighted by molar-refractivity contribution is 0.637. The summed E-state index contributed by atoms with van der Waals surface area (Å²) >= 11 is 5.12. The minimum absolute atomic E-state index is 0.306. The molecule has 0 bridgehead atoms. The van der Waals surface area contributed by atoms with Crippen LogP contribution in [-0.2, 0) is 0 Å². The monoisotopic (exact) mass is 296 g/mol. The molecule has 2 aromatic rings. The van der Waals surface area contributed by atoms with Gasteiger partial charge in [0.15, 0.2) is 0 Å². The standard InChI is InChI=1S/C12H13BrN2S/c1-8(14-2)11-7-16-12(15-11)9-3-5-10(13)6-4-9/h3-8,14H,1-2H3. The van der Waals surface area contributed by atoms with E-state index in [0.717, 1.165) is 15.2 Å². The van der Waals surface area contributed by atoms with Gasteiger partial charge in [-0.2, -0.15) is 0 Å². The smallest absolute Gasteiger partial charge is 0.123 e. The lowest BCUT2D eigenvalue weighted by Crippen LogP contribution is -2.12. The lowest BCUT2D eigenvalue weighted by Gasteiger charge is -2.04. The molecule has 4 heteroatoms. The molecule has 1 unspecified atom stereocenters. The van der Waals surface area contributed by atoms with Gasteiger partial charge in [0.1, 0.15) is 5.01 Å². The molecule has 1 atom stereocenters. The summed E-state index contributed by atoms with van der Waals surface area (Å²) < 4.78 is 1.09. The van der Waals surface area contributed by atoms with Crippen molar-refractivity contribution in [3.05, 3.63) is 39.8 Å². The molecule has 0 aliphatic carbocycles. The molecular formula is C12H13BrN2S. The molecule has 0 fully saturated rings.